The lowest BCUT2D eigenvalue weighted by atomic mass is 10.1. The number of esters is 1. The minimum atomic E-state index is -0.723. The zero-order valence-electron chi connectivity index (χ0n) is 16.3. The van der Waals surface area contributed by atoms with Crippen LogP contribution in [0.3, 0.4) is 0 Å². The lowest BCUT2D eigenvalue weighted by Gasteiger charge is -2.12. The summed E-state index contributed by atoms with van der Waals surface area (Å²) in [6.45, 7) is 0. The zero-order valence-corrected chi connectivity index (χ0v) is 17.2. The summed E-state index contributed by atoms with van der Waals surface area (Å²) in [5.74, 6) is 0.643. The van der Waals surface area contributed by atoms with Gasteiger partial charge in [0.2, 0.25) is 0 Å². The molecule has 156 valence electrons. The number of nitrogens with two attached hydrogens (primary N) is 1. The number of hydrogen-bond donors (Lipinski definition) is 2. The highest BCUT2D eigenvalue weighted by molar-refractivity contribution is 8.18. The van der Waals surface area contributed by atoms with E-state index in [4.69, 9.17) is 15.2 Å². The molecule has 9 heteroatoms. The molecule has 1 heterocycles. The van der Waals surface area contributed by atoms with Crippen molar-refractivity contribution in [2.45, 2.75) is 12.5 Å². The Morgan fingerprint density at radius 3 is 2.47 bits per heavy atom. The number of amides is 2. The van der Waals surface area contributed by atoms with Gasteiger partial charge in [0, 0.05) is 0 Å². The number of imide groups is 1. The monoisotopic (exact) mass is 428 g/mol. The molecule has 30 heavy (non-hydrogen) atoms. The molecule has 0 saturated carbocycles. The highest BCUT2D eigenvalue weighted by Gasteiger charge is 2.25. The van der Waals surface area contributed by atoms with Gasteiger partial charge in [0.05, 0.1) is 19.1 Å². The number of benzene rings is 2. The van der Waals surface area contributed by atoms with Gasteiger partial charge in [-0.25, -0.2) is 0 Å². The van der Waals surface area contributed by atoms with E-state index in [0.717, 1.165) is 17.3 Å². The van der Waals surface area contributed by atoms with Crippen molar-refractivity contribution in [1.82, 2.24) is 5.32 Å². The van der Waals surface area contributed by atoms with Gasteiger partial charge in [-0.15, -0.1) is 0 Å². The van der Waals surface area contributed by atoms with Crippen molar-refractivity contribution < 1.29 is 28.6 Å². The molecular weight excluding hydrogens is 408 g/mol. The van der Waals surface area contributed by atoms with Gasteiger partial charge in [0.1, 0.15) is 11.8 Å². The summed E-state index contributed by atoms with van der Waals surface area (Å²) >= 11 is 0.849. The van der Waals surface area contributed by atoms with Crippen molar-refractivity contribution in [3.63, 3.8) is 0 Å². The summed E-state index contributed by atoms with van der Waals surface area (Å²) in [7, 11) is 2.81. The highest BCUT2D eigenvalue weighted by Crippen LogP contribution is 2.34. The third kappa shape index (κ3) is 5.19. The van der Waals surface area contributed by atoms with Gasteiger partial charge in [-0.3, -0.25) is 19.7 Å². The molecule has 0 spiro atoms. The van der Waals surface area contributed by atoms with Crippen LogP contribution >= 0.6 is 11.8 Å². The summed E-state index contributed by atoms with van der Waals surface area (Å²) in [6.07, 6.45) is 1.96. The van der Waals surface area contributed by atoms with Gasteiger partial charge in [-0.1, -0.05) is 18.2 Å². The minimum absolute atomic E-state index is 0.316. The van der Waals surface area contributed by atoms with Crippen molar-refractivity contribution >= 4 is 35.0 Å². The standard InChI is InChI=1S/C21H20N2O6S/c1-27-17-10-13(11-18-19(24)23-21(26)30-18)5-8-16(17)29-14-6-3-12(4-7-14)9-15(22)20(25)28-2/h3-8,10-11,15H,9,22H2,1-2H3,(H,23,24,26)/t15-/m0/s1. The number of methoxy groups -OCH3 is 2. The molecule has 0 unspecified atom stereocenters. The van der Waals surface area contributed by atoms with E-state index in [1.807, 2.05) is 12.1 Å². The first kappa shape index (κ1) is 21.4. The Balaban J connectivity index is 1.72. The molecule has 3 N–H and O–H groups in total. The van der Waals surface area contributed by atoms with Crippen molar-refractivity contribution in [2.75, 3.05) is 14.2 Å². The third-order valence-electron chi connectivity index (χ3n) is 4.24. The first-order chi connectivity index (χ1) is 14.4. The summed E-state index contributed by atoms with van der Waals surface area (Å²) in [5, 5.41) is 1.82. The first-order valence-electron chi connectivity index (χ1n) is 8.92. The summed E-state index contributed by atoms with van der Waals surface area (Å²) in [4.78, 5) is 34.7. The fourth-order valence-electron chi connectivity index (χ4n) is 2.74. The number of carbonyl (C=O) groups is 3. The van der Waals surface area contributed by atoms with Crippen molar-refractivity contribution in [3.05, 3.63) is 58.5 Å². The predicted molar refractivity (Wildman–Crippen MR) is 112 cm³/mol. The van der Waals surface area contributed by atoms with Crippen LogP contribution in [0.5, 0.6) is 17.2 Å². The molecule has 0 radical (unpaired) electrons. The summed E-state index contributed by atoms with van der Waals surface area (Å²) in [6, 6.07) is 11.6. The average Bonchev–Trinajstić information content (AvgIpc) is 3.06. The van der Waals surface area contributed by atoms with E-state index in [1.54, 1.807) is 36.4 Å². The minimum Gasteiger partial charge on any atom is -0.493 e. The third-order valence-corrected chi connectivity index (χ3v) is 5.05. The highest BCUT2D eigenvalue weighted by atomic mass is 32.2. The van der Waals surface area contributed by atoms with Crippen molar-refractivity contribution in [3.8, 4) is 17.2 Å². The van der Waals surface area contributed by atoms with Crippen LogP contribution in [0.4, 0.5) is 4.79 Å². The molecule has 1 atom stereocenters. The van der Waals surface area contributed by atoms with Crippen LogP contribution in [-0.4, -0.2) is 37.4 Å². The molecule has 1 saturated heterocycles. The molecule has 1 aliphatic heterocycles. The molecule has 3 rings (SSSR count). The number of hydrogen-bond acceptors (Lipinski definition) is 8. The Morgan fingerprint density at radius 1 is 1.13 bits per heavy atom. The van der Waals surface area contributed by atoms with E-state index in [9.17, 15) is 14.4 Å². The zero-order chi connectivity index (χ0) is 21.7. The van der Waals surface area contributed by atoms with E-state index in [2.05, 4.69) is 10.1 Å². The Kier molecular flexibility index (Phi) is 6.76. The molecular formula is C21H20N2O6S. The van der Waals surface area contributed by atoms with Crippen LogP contribution in [0, 0.1) is 0 Å². The maximum absolute atomic E-state index is 11.7. The molecule has 2 aromatic rings. The topological polar surface area (TPSA) is 117 Å². The van der Waals surface area contributed by atoms with Crippen molar-refractivity contribution in [2.24, 2.45) is 5.73 Å². The lowest BCUT2D eigenvalue weighted by Crippen LogP contribution is -2.33. The van der Waals surface area contributed by atoms with Gasteiger partial charge in [0.25, 0.3) is 11.1 Å². The maximum Gasteiger partial charge on any atom is 0.322 e. The molecule has 0 aromatic heterocycles. The Bertz CT molecular complexity index is 1000. The van der Waals surface area contributed by atoms with Gasteiger partial charge in [-0.2, -0.15) is 0 Å². The van der Waals surface area contributed by atoms with Gasteiger partial charge in [-0.05, 0) is 59.7 Å². The normalized spacial score (nSPS) is 15.6. The predicted octanol–water partition coefficient (Wildman–Crippen LogP) is 2.85. The largest absolute Gasteiger partial charge is 0.493 e. The second kappa shape index (κ2) is 9.47. The lowest BCUT2D eigenvalue weighted by molar-refractivity contribution is -0.142. The molecule has 1 aliphatic rings. The Labute approximate surface area is 177 Å². The van der Waals surface area contributed by atoms with Gasteiger partial charge < -0.3 is 19.9 Å². The fourth-order valence-corrected chi connectivity index (χ4v) is 3.42. The fraction of sp³-hybridized carbons (Fsp3) is 0.190. The summed E-state index contributed by atoms with van der Waals surface area (Å²) in [5.41, 5.74) is 7.34. The molecule has 2 amide bonds. The summed E-state index contributed by atoms with van der Waals surface area (Å²) < 4.78 is 15.9. The van der Waals surface area contributed by atoms with Crippen LogP contribution in [0.2, 0.25) is 0 Å². The number of rotatable bonds is 7. The van der Waals surface area contributed by atoms with Gasteiger partial charge >= 0.3 is 5.97 Å². The number of nitrogens with one attached hydrogen (secondary N) is 1. The Morgan fingerprint density at radius 2 is 1.87 bits per heavy atom. The second-order valence-electron chi connectivity index (χ2n) is 6.34. The smallest absolute Gasteiger partial charge is 0.322 e. The van der Waals surface area contributed by atoms with Gasteiger partial charge in [0.15, 0.2) is 11.5 Å². The maximum atomic E-state index is 11.7. The molecule has 2 aromatic carbocycles. The number of carbonyl (C=O) groups excluding carboxylic acids is 3. The van der Waals surface area contributed by atoms with E-state index in [1.165, 1.54) is 14.2 Å². The van der Waals surface area contributed by atoms with E-state index < -0.39 is 23.2 Å². The van der Waals surface area contributed by atoms with E-state index in [0.29, 0.717) is 34.1 Å². The second-order valence-corrected chi connectivity index (χ2v) is 7.36. The SMILES string of the molecule is COC(=O)[C@@H](N)Cc1ccc(Oc2ccc(C=C3SC(=O)NC3=O)cc2OC)cc1. The van der Waals surface area contributed by atoms with Crippen LogP contribution in [0.1, 0.15) is 11.1 Å². The van der Waals surface area contributed by atoms with E-state index >= 15 is 0 Å². The average molecular weight is 428 g/mol. The number of ether oxygens (including phenoxy) is 3. The van der Waals surface area contributed by atoms with E-state index in [-0.39, 0.29) is 0 Å². The number of thioether (sulfide) groups is 1. The van der Waals surface area contributed by atoms with Crippen LogP contribution in [-0.2, 0) is 20.7 Å². The Hall–Kier alpha value is -3.30. The van der Waals surface area contributed by atoms with Crippen LogP contribution in [0.25, 0.3) is 6.08 Å². The van der Waals surface area contributed by atoms with Crippen LogP contribution in [0.15, 0.2) is 47.4 Å². The molecule has 1 fully saturated rings. The molecule has 8 nitrogen and oxygen atoms in total. The molecule has 0 aliphatic carbocycles. The first-order valence-corrected chi connectivity index (χ1v) is 9.74. The van der Waals surface area contributed by atoms with Crippen LogP contribution < -0.4 is 20.5 Å². The quantitative estimate of drug-likeness (QED) is 0.511. The van der Waals surface area contributed by atoms with Crippen molar-refractivity contribution in [1.29, 1.82) is 0 Å². The molecule has 0 bridgehead atoms.